The first-order chi connectivity index (χ1) is 15.6. The Hall–Kier alpha value is -3.34. The highest BCUT2D eigenvalue weighted by Crippen LogP contribution is 2.42. The van der Waals surface area contributed by atoms with Crippen LogP contribution in [0.1, 0.15) is 47.6 Å². The van der Waals surface area contributed by atoms with E-state index in [0.29, 0.717) is 30.9 Å². The second kappa shape index (κ2) is 9.43. The van der Waals surface area contributed by atoms with Gasteiger partial charge in [-0.05, 0) is 59.4 Å². The largest absolute Gasteiger partial charge is 0.493 e. The lowest BCUT2D eigenvalue weighted by Gasteiger charge is -2.40. The van der Waals surface area contributed by atoms with Crippen molar-refractivity contribution in [2.75, 3.05) is 20.8 Å². The standard InChI is InChI=1S/C27H28FNO3/c1-4-22(18-8-6-5-7-9-18)27(30)29-15-14-20-16-24(31-2)25(32-3)17-23(20)26(29)19-10-12-21(28)13-11-19/h5-13,16-17,22,26H,4,14-15H2,1-3H3. The topological polar surface area (TPSA) is 38.8 Å². The van der Waals surface area contributed by atoms with Gasteiger partial charge in [0.1, 0.15) is 5.82 Å². The first-order valence-corrected chi connectivity index (χ1v) is 10.9. The molecule has 0 spiro atoms. The maximum atomic E-state index is 13.9. The summed E-state index contributed by atoms with van der Waals surface area (Å²) in [6.07, 6.45) is 1.42. The quantitative estimate of drug-likeness (QED) is 0.514. The number of fused-ring (bicyclic) bond motifs is 1. The molecule has 1 amide bonds. The molecular formula is C27H28FNO3. The molecule has 3 aromatic carbocycles. The fourth-order valence-electron chi connectivity index (χ4n) is 4.63. The molecule has 0 saturated heterocycles. The molecule has 1 heterocycles. The van der Waals surface area contributed by atoms with Crippen molar-refractivity contribution in [1.82, 2.24) is 4.90 Å². The lowest BCUT2D eigenvalue weighted by atomic mass is 9.85. The monoisotopic (exact) mass is 433 g/mol. The van der Waals surface area contributed by atoms with Crippen LogP contribution in [-0.4, -0.2) is 31.6 Å². The van der Waals surface area contributed by atoms with Gasteiger partial charge in [0.25, 0.3) is 0 Å². The highest BCUT2D eigenvalue weighted by Gasteiger charge is 2.36. The summed E-state index contributed by atoms with van der Waals surface area (Å²) in [5.74, 6) is 0.822. The molecule has 2 unspecified atom stereocenters. The third-order valence-electron chi connectivity index (χ3n) is 6.25. The van der Waals surface area contributed by atoms with E-state index in [-0.39, 0.29) is 23.7 Å². The van der Waals surface area contributed by atoms with Gasteiger partial charge in [0.05, 0.1) is 26.2 Å². The van der Waals surface area contributed by atoms with Gasteiger partial charge in [0.15, 0.2) is 11.5 Å². The second-order valence-electron chi connectivity index (χ2n) is 8.01. The summed E-state index contributed by atoms with van der Waals surface area (Å²) in [6, 6.07) is 19.9. The molecule has 1 aliphatic heterocycles. The zero-order valence-electron chi connectivity index (χ0n) is 18.7. The molecule has 0 aromatic heterocycles. The third kappa shape index (κ3) is 4.07. The van der Waals surface area contributed by atoms with E-state index in [1.54, 1.807) is 26.4 Å². The van der Waals surface area contributed by atoms with Crippen LogP contribution in [0.2, 0.25) is 0 Å². The minimum atomic E-state index is -0.329. The van der Waals surface area contributed by atoms with Crippen LogP contribution in [0.4, 0.5) is 4.39 Å². The molecule has 0 radical (unpaired) electrons. The first kappa shape index (κ1) is 21.9. The van der Waals surface area contributed by atoms with Crippen LogP contribution >= 0.6 is 0 Å². The number of hydrogen-bond donors (Lipinski definition) is 0. The Balaban J connectivity index is 1.82. The fraction of sp³-hybridized carbons (Fsp3) is 0.296. The van der Waals surface area contributed by atoms with Crippen molar-refractivity contribution in [1.29, 1.82) is 0 Å². The summed E-state index contributed by atoms with van der Waals surface area (Å²) in [4.78, 5) is 15.8. The number of carbonyl (C=O) groups is 1. The summed E-state index contributed by atoms with van der Waals surface area (Å²) in [6.45, 7) is 2.61. The number of benzene rings is 3. The molecule has 1 aliphatic rings. The molecule has 32 heavy (non-hydrogen) atoms. The number of hydrogen-bond acceptors (Lipinski definition) is 3. The van der Waals surface area contributed by atoms with Crippen LogP contribution in [0.25, 0.3) is 0 Å². The Bertz CT molecular complexity index is 1080. The van der Waals surface area contributed by atoms with Gasteiger partial charge < -0.3 is 14.4 Å². The number of ether oxygens (including phenoxy) is 2. The molecule has 5 heteroatoms. The minimum absolute atomic E-state index is 0.0773. The van der Waals surface area contributed by atoms with Crippen molar-refractivity contribution in [2.24, 2.45) is 0 Å². The van der Waals surface area contributed by atoms with Gasteiger partial charge in [0, 0.05) is 6.54 Å². The number of rotatable bonds is 6. The van der Waals surface area contributed by atoms with E-state index in [1.807, 2.05) is 54.3 Å². The molecule has 2 atom stereocenters. The molecule has 0 aliphatic carbocycles. The number of carbonyl (C=O) groups excluding carboxylic acids is 1. The Morgan fingerprint density at radius 3 is 2.31 bits per heavy atom. The highest BCUT2D eigenvalue weighted by atomic mass is 19.1. The molecular weight excluding hydrogens is 405 g/mol. The average molecular weight is 434 g/mol. The van der Waals surface area contributed by atoms with E-state index < -0.39 is 0 Å². The molecule has 4 rings (SSSR count). The van der Waals surface area contributed by atoms with Crippen molar-refractivity contribution in [3.05, 3.63) is 94.8 Å². The van der Waals surface area contributed by atoms with E-state index in [9.17, 15) is 9.18 Å². The van der Waals surface area contributed by atoms with Gasteiger partial charge in [-0.25, -0.2) is 4.39 Å². The minimum Gasteiger partial charge on any atom is -0.493 e. The molecule has 0 bridgehead atoms. The van der Waals surface area contributed by atoms with Crippen LogP contribution in [0.5, 0.6) is 11.5 Å². The molecule has 0 saturated carbocycles. The maximum absolute atomic E-state index is 13.9. The summed E-state index contributed by atoms with van der Waals surface area (Å²) in [7, 11) is 3.22. The predicted molar refractivity (Wildman–Crippen MR) is 123 cm³/mol. The van der Waals surface area contributed by atoms with Crippen LogP contribution in [0.3, 0.4) is 0 Å². The Labute approximate surface area is 188 Å². The smallest absolute Gasteiger partial charge is 0.230 e. The predicted octanol–water partition coefficient (Wildman–Crippen LogP) is 5.51. The summed E-state index contributed by atoms with van der Waals surface area (Å²) in [5, 5.41) is 0. The lowest BCUT2D eigenvalue weighted by Crippen LogP contribution is -2.43. The van der Waals surface area contributed by atoms with Gasteiger partial charge in [-0.1, -0.05) is 49.4 Å². The fourth-order valence-corrected chi connectivity index (χ4v) is 4.63. The van der Waals surface area contributed by atoms with Crippen LogP contribution in [-0.2, 0) is 11.2 Å². The molecule has 4 nitrogen and oxygen atoms in total. The normalized spacial score (nSPS) is 16.2. The van der Waals surface area contributed by atoms with E-state index in [2.05, 4.69) is 0 Å². The molecule has 166 valence electrons. The summed E-state index contributed by atoms with van der Waals surface area (Å²) in [5.41, 5.74) is 3.97. The first-order valence-electron chi connectivity index (χ1n) is 10.9. The average Bonchev–Trinajstić information content (AvgIpc) is 2.84. The van der Waals surface area contributed by atoms with Gasteiger partial charge in [-0.2, -0.15) is 0 Å². The van der Waals surface area contributed by atoms with Crippen molar-refractivity contribution >= 4 is 5.91 Å². The zero-order chi connectivity index (χ0) is 22.7. The van der Waals surface area contributed by atoms with Crippen LogP contribution in [0.15, 0.2) is 66.7 Å². The Morgan fingerprint density at radius 2 is 1.69 bits per heavy atom. The number of amides is 1. The van der Waals surface area contributed by atoms with E-state index >= 15 is 0 Å². The number of nitrogens with zero attached hydrogens (tertiary/aromatic N) is 1. The van der Waals surface area contributed by atoms with Gasteiger partial charge in [-0.15, -0.1) is 0 Å². The van der Waals surface area contributed by atoms with E-state index in [4.69, 9.17) is 9.47 Å². The van der Waals surface area contributed by atoms with Gasteiger partial charge in [0.2, 0.25) is 5.91 Å². The number of methoxy groups -OCH3 is 2. The second-order valence-corrected chi connectivity index (χ2v) is 8.01. The van der Waals surface area contributed by atoms with Crippen LogP contribution < -0.4 is 9.47 Å². The van der Waals surface area contributed by atoms with E-state index in [0.717, 1.165) is 22.3 Å². The highest BCUT2D eigenvalue weighted by molar-refractivity contribution is 5.85. The summed E-state index contributed by atoms with van der Waals surface area (Å²) < 4.78 is 24.8. The van der Waals surface area contributed by atoms with E-state index in [1.165, 1.54) is 12.1 Å². The van der Waals surface area contributed by atoms with Crippen molar-refractivity contribution in [3.8, 4) is 11.5 Å². The Morgan fingerprint density at radius 1 is 1.03 bits per heavy atom. The molecule has 3 aromatic rings. The van der Waals surface area contributed by atoms with Gasteiger partial charge in [-0.3, -0.25) is 4.79 Å². The van der Waals surface area contributed by atoms with Crippen LogP contribution in [0, 0.1) is 5.82 Å². The SMILES string of the molecule is CCC(C(=O)N1CCc2cc(OC)c(OC)cc2C1c1ccc(F)cc1)c1ccccc1. The van der Waals surface area contributed by atoms with Crippen molar-refractivity contribution in [2.45, 2.75) is 31.7 Å². The number of halogens is 1. The lowest BCUT2D eigenvalue weighted by molar-refractivity contribution is -0.135. The van der Waals surface area contributed by atoms with Crippen molar-refractivity contribution < 1.29 is 18.7 Å². The molecule has 0 N–H and O–H groups in total. The third-order valence-corrected chi connectivity index (χ3v) is 6.25. The molecule has 0 fully saturated rings. The summed E-state index contributed by atoms with van der Waals surface area (Å²) >= 11 is 0. The Kier molecular flexibility index (Phi) is 6.45. The maximum Gasteiger partial charge on any atom is 0.230 e. The van der Waals surface area contributed by atoms with Gasteiger partial charge >= 0.3 is 0 Å². The van der Waals surface area contributed by atoms with Crippen molar-refractivity contribution in [3.63, 3.8) is 0 Å². The zero-order valence-corrected chi connectivity index (χ0v) is 18.7.